The molecule has 118 valence electrons. The Morgan fingerprint density at radius 2 is 2.39 bits per heavy atom. The second kappa shape index (κ2) is 6.40. The summed E-state index contributed by atoms with van der Waals surface area (Å²) < 4.78 is 7.02. The standard InChI is InChI=1S/C16H17N5O2/c1-23-14-4-2-3-13(7-14)21-9-15(18-11-21)19-16(22)12-5-6-20(8-12)10-17/h2-4,7,9,11-12H,5-6,8H2,1H3,(H,19,22)/t12-/m0/s1. The second-order valence-electron chi connectivity index (χ2n) is 5.39. The maximum Gasteiger partial charge on any atom is 0.230 e. The van der Waals surface area contributed by atoms with Crippen molar-refractivity contribution in [1.29, 1.82) is 5.26 Å². The van der Waals surface area contributed by atoms with Gasteiger partial charge in [0.25, 0.3) is 0 Å². The highest BCUT2D eigenvalue weighted by Gasteiger charge is 2.28. The maximum absolute atomic E-state index is 12.2. The molecular weight excluding hydrogens is 294 g/mol. The number of ether oxygens (including phenoxy) is 1. The van der Waals surface area contributed by atoms with E-state index in [1.165, 1.54) is 0 Å². The highest BCUT2D eigenvalue weighted by atomic mass is 16.5. The molecule has 1 amide bonds. The van der Waals surface area contributed by atoms with E-state index in [-0.39, 0.29) is 11.8 Å². The van der Waals surface area contributed by atoms with Gasteiger partial charge in [-0.2, -0.15) is 5.26 Å². The third-order valence-electron chi connectivity index (χ3n) is 3.89. The van der Waals surface area contributed by atoms with Crippen LogP contribution in [0.1, 0.15) is 6.42 Å². The Balaban J connectivity index is 1.67. The summed E-state index contributed by atoms with van der Waals surface area (Å²) in [5, 5.41) is 11.7. The van der Waals surface area contributed by atoms with Crippen LogP contribution in [0.15, 0.2) is 36.8 Å². The van der Waals surface area contributed by atoms with Gasteiger partial charge < -0.3 is 19.5 Å². The number of nitrogens with one attached hydrogen (secondary N) is 1. The van der Waals surface area contributed by atoms with Gasteiger partial charge in [0.1, 0.15) is 12.1 Å². The number of methoxy groups -OCH3 is 1. The lowest BCUT2D eigenvalue weighted by atomic mass is 10.1. The number of carbonyl (C=O) groups excluding carboxylic acids is 1. The van der Waals surface area contributed by atoms with Crippen LogP contribution in [0.25, 0.3) is 5.69 Å². The fourth-order valence-corrected chi connectivity index (χ4v) is 2.59. The number of rotatable bonds is 4. The van der Waals surface area contributed by atoms with Gasteiger partial charge in [-0.25, -0.2) is 4.98 Å². The van der Waals surface area contributed by atoms with Crippen molar-refractivity contribution in [2.75, 3.05) is 25.5 Å². The first-order valence-electron chi connectivity index (χ1n) is 7.33. The number of carbonyl (C=O) groups is 1. The fraction of sp³-hybridized carbons (Fsp3) is 0.312. The fourth-order valence-electron chi connectivity index (χ4n) is 2.59. The number of likely N-dealkylation sites (tertiary alicyclic amines) is 1. The summed E-state index contributed by atoms with van der Waals surface area (Å²) in [5.41, 5.74) is 0.897. The number of anilines is 1. The van der Waals surface area contributed by atoms with E-state index in [4.69, 9.17) is 10.00 Å². The minimum absolute atomic E-state index is 0.0985. The Labute approximate surface area is 134 Å². The molecule has 2 aromatic rings. The van der Waals surface area contributed by atoms with Gasteiger partial charge in [-0.15, -0.1) is 0 Å². The molecule has 1 fully saturated rings. The minimum Gasteiger partial charge on any atom is -0.497 e. The van der Waals surface area contributed by atoms with Gasteiger partial charge in [0.2, 0.25) is 5.91 Å². The largest absolute Gasteiger partial charge is 0.497 e. The molecule has 0 radical (unpaired) electrons. The van der Waals surface area contributed by atoms with Crippen LogP contribution in [0.4, 0.5) is 5.82 Å². The average Bonchev–Trinajstić information content (AvgIpc) is 3.24. The normalized spacial score (nSPS) is 16.9. The van der Waals surface area contributed by atoms with Gasteiger partial charge in [-0.1, -0.05) is 6.07 Å². The van der Waals surface area contributed by atoms with Crippen molar-refractivity contribution in [1.82, 2.24) is 14.5 Å². The molecule has 7 nitrogen and oxygen atoms in total. The molecule has 0 unspecified atom stereocenters. The highest BCUT2D eigenvalue weighted by molar-refractivity contribution is 5.92. The molecule has 1 aliphatic rings. The summed E-state index contributed by atoms with van der Waals surface area (Å²) in [5.74, 6) is 0.979. The van der Waals surface area contributed by atoms with Crippen molar-refractivity contribution in [3.63, 3.8) is 0 Å². The van der Waals surface area contributed by atoms with E-state index in [0.29, 0.717) is 25.3 Å². The quantitative estimate of drug-likeness (QED) is 0.868. The predicted molar refractivity (Wildman–Crippen MR) is 84.0 cm³/mol. The zero-order valence-electron chi connectivity index (χ0n) is 12.8. The first-order chi connectivity index (χ1) is 11.2. The lowest BCUT2D eigenvalue weighted by molar-refractivity contribution is -0.119. The van der Waals surface area contributed by atoms with Crippen molar-refractivity contribution in [3.8, 4) is 17.6 Å². The van der Waals surface area contributed by atoms with Crippen LogP contribution in [0.5, 0.6) is 5.75 Å². The van der Waals surface area contributed by atoms with Gasteiger partial charge in [-0.3, -0.25) is 4.79 Å². The van der Waals surface area contributed by atoms with E-state index in [9.17, 15) is 4.79 Å². The summed E-state index contributed by atoms with van der Waals surface area (Å²) in [6, 6.07) is 7.57. The van der Waals surface area contributed by atoms with Crippen LogP contribution in [0, 0.1) is 17.4 Å². The molecule has 0 saturated carbocycles. The van der Waals surface area contributed by atoms with Crippen LogP contribution >= 0.6 is 0 Å². The number of nitrogens with zero attached hydrogens (tertiary/aromatic N) is 4. The molecule has 0 spiro atoms. The Kier molecular flexibility index (Phi) is 4.15. The first-order valence-corrected chi connectivity index (χ1v) is 7.33. The summed E-state index contributed by atoms with van der Waals surface area (Å²) in [7, 11) is 1.62. The zero-order valence-corrected chi connectivity index (χ0v) is 12.8. The van der Waals surface area contributed by atoms with E-state index >= 15 is 0 Å². The van der Waals surface area contributed by atoms with E-state index in [2.05, 4.69) is 16.5 Å². The molecule has 23 heavy (non-hydrogen) atoms. The average molecular weight is 311 g/mol. The highest BCUT2D eigenvalue weighted by Crippen LogP contribution is 2.20. The molecule has 1 aromatic heterocycles. The molecule has 1 aliphatic heterocycles. The second-order valence-corrected chi connectivity index (χ2v) is 5.39. The third kappa shape index (κ3) is 3.26. The smallest absolute Gasteiger partial charge is 0.230 e. The molecule has 1 saturated heterocycles. The van der Waals surface area contributed by atoms with Crippen LogP contribution in [0.2, 0.25) is 0 Å². The number of nitriles is 1. The topological polar surface area (TPSA) is 83.2 Å². The van der Waals surface area contributed by atoms with Crippen LogP contribution in [0.3, 0.4) is 0 Å². The molecule has 3 rings (SSSR count). The molecule has 0 bridgehead atoms. The van der Waals surface area contributed by atoms with Gasteiger partial charge in [0.15, 0.2) is 12.0 Å². The lowest BCUT2D eigenvalue weighted by Gasteiger charge is -2.09. The Hall–Kier alpha value is -3.01. The molecule has 1 atom stereocenters. The Morgan fingerprint density at radius 1 is 1.52 bits per heavy atom. The van der Waals surface area contributed by atoms with Gasteiger partial charge in [-0.05, 0) is 18.6 Å². The van der Waals surface area contributed by atoms with Crippen molar-refractivity contribution in [3.05, 3.63) is 36.8 Å². The third-order valence-corrected chi connectivity index (χ3v) is 3.89. The van der Waals surface area contributed by atoms with Gasteiger partial charge >= 0.3 is 0 Å². The monoisotopic (exact) mass is 311 g/mol. The molecule has 1 aromatic carbocycles. The maximum atomic E-state index is 12.2. The number of aromatic nitrogens is 2. The molecule has 2 heterocycles. The SMILES string of the molecule is COc1cccc(-n2cnc(NC(=O)[C@H]3CCN(C#N)C3)c2)c1. The number of hydrogen-bond acceptors (Lipinski definition) is 5. The van der Waals surface area contributed by atoms with Gasteiger partial charge in [0.05, 0.1) is 24.9 Å². The number of amides is 1. The molecule has 0 aliphatic carbocycles. The summed E-state index contributed by atoms with van der Waals surface area (Å²) in [6.07, 6.45) is 6.15. The van der Waals surface area contributed by atoms with E-state index in [1.807, 2.05) is 28.8 Å². The zero-order chi connectivity index (χ0) is 16.2. The lowest BCUT2D eigenvalue weighted by Crippen LogP contribution is -2.25. The first kappa shape index (κ1) is 14.9. The minimum atomic E-state index is -0.170. The molecule has 1 N–H and O–H groups in total. The molecule has 7 heteroatoms. The summed E-state index contributed by atoms with van der Waals surface area (Å²) >= 11 is 0. The van der Waals surface area contributed by atoms with E-state index in [1.54, 1.807) is 24.5 Å². The predicted octanol–water partition coefficient (Wildman–Crippen LogP) is 1.62. The summed E-state index contributed by atoms with van der Waals surface area (Å²) in [4.78, 5) is 18.0. The Bertz CT molecular complexity index is 749. The van der Waals surface area contributed by atoms with Crippen LogP contribution in [-0.2, 0) is 4.79 Å². The van der Waals surface area contributed by atoms with Crippen molar-refractivity contribution in [2.24, 2.45) is 5.92 Å². The van der Waals surface area contributed by atoms with Crippen molar-refractivity contribution in [2.45, 2.75) is 6.42 Å². The Morgan fingerprint density at radius 3 is 3.13 bits per heavy atom. The number of imidazole rings is 1. The van der Waals surface area contributed by atoms with Gasteiger partial charge in [0, 0.05) is 19.2 Å². The van der Waals surface area contributed by atoms with Crippen LogP contribution < -0.4 is 10.1 Å². The molecular formula is C16H17N5O2. The number of hydrogen-bond donors (Lipinski definition) is 1. The van der Waals surface area contributed by atoms with E-state index in [0.717, 1.165) is 11.4 Å². The summed E-state index contributed by atoms with van der Waals surface area (Å²) in [6.45, 7) is 1.10. The number of benzene rings is 1. The van der Waals surface area contributed by atoms with Crippen molar-refractivity contribution < 1.29 is 9.53 Å². The van der Waals surface area contributed by atoms with Crippen LogP contribution in [-0.4, -0.2) is 40.6 Å². The van der Waals surface area contributed by atoms with E-state index < -0.39 is 0 Å². The van der Waals surface area contributed by atoms with Crippen molar-refractivity contribution >= 4 is 11.7 Å².